The summed E-state index contributed by atoms with van der Waals surface area (Å²) >= 11 is 6.00. The largest absolute Gasteiger partial charge is 0.465 e. The maximum atomic E-state index is 12.8. The number of Topliss-reactive ketones (excluding diaryl/α,β-unsaturated/α-hetero) is 1. The SMILES string of the molecule is CCOC(=O)C(Cc1cccc(Cl)c1)C(=O)C1CCCCC1. The van der Waals surface area contributed by atoms with E-state index in [0.29, 0.717) is 18.1 Å². The highest BCUT2D eigenvalue weighted by Gasteiger charge is 2.34. The molecule has 1 aliphatic rings. The predicted molar refractivity (Wildman–Crippen MR) is 86.9 cm³/mol. The second kappa shape index (κ2) is 8.33. The van der Waals surface area contributed by atoms with Crippen molar-refractivity contribution in [3.8, 4) is 0 Å². The van der Waals surface area contributed by atoms with Crippen LogP contribution in [0.4, 0.5) is 0 Å². The fourth-order valence-corrected chi connectivity index (χ4v) is 3.33. The Labute approximate surface area is 137 Å². The number of benzene rings is 1. The van der Waals surface area contributed by atoms with Crippen molar-refractivity contribution in [1.82, 2.24) is 0 Å². The van der Waals surface area contributed by atoms with Gasteiger partial charge >= 0.3 is 5.97 Å². The van der Waals surface area contributed by atoms with Gasteiger partial charge in [0, 0.05) is 10.9 Å². The molecule has 2 rings (SSSR count). The van der Waals surface area contributed by atoms with E-state index in [1.807, 2.05) is 18.2 Å². The molecule has 1 unspecified atom stereocenters. The quantitative estimate of drug-likeness (QED) is 0.582. The van der Waals surface area contributed by atoms with Gasteiger partial charge < -0.3 is 4.74 Å². The summed E-state index contributed by atoms with van der Waals surface area (Å²) < 4.78 is 5.13. The summed E-state index contributed by atoms with van der Waals surface area (Å²) in [7, 11) is 0. The maximum absolute atomic E-state index is 12.8. The van der Waals surface area contributed by atoms with E-state index < -0.39 is 11.9 Å². The number of carbonyl (C=O) groups excluding carboxylic acids is 2. The molecule has 1 aliphatic carbocycles. The molecule has 0 saturated heterocycles. The number of hydrogen-bond donors (Lipinski definition) is 0. The van der Waals surface area contributed by atoms with Crippen molar-refractivity contribution in [2.45, 2.75) is 45.4 Å². The Morgan fingerprint density at radius 1 is 1.27 bits per heavy atom. The smallest absolute Gasteiger partial charge is 0.316 e. The Morgan fingerprint density at radius 2 is 2.00 bits per heavy atom. The average molecular weight is 323 g/mol. The number of hydrogen-bond acceptors (Lipinski definition) is 3. The summed E-state index contributed by atoms with van der Waals surface area (Å²) in [6.45, 7) is 2.06. The first-order valence-corrected chi connectivity index (χ1v) is 8.44. The highest BCUT2D eigenvalue weighted by atomic mass is 35.5. The van der Waals surface area contributed by atoms with Crippen molar-refractivity contribution in [2.24, 2.45) is 11.8 Å². The van der Waals surface area contributed by atoms with E-state index in [2.05, 4.69) is 0 Å². The molecule has 0 amide bonds. The lowest BCUT2D eigenvalue weighted by Gasteiger charge is -2.24. The number of rotatable bonds is 6. The minimum Gasteiger partial charge on any atom is -0.465 e. The third kappa shape index (κ3) is 4.57. The summed E-state index contributed by atoms with van der Waals surface area (Å²) in [6.07, 6.45) is 5.48. The van der Waals surface area contributed by atoms with Crippen LogP contribution in [0.2, 0.25) is 5.02 Å². The number of carbonyl (C=O) groups is 2. The van der Waals surface area contributed by atoms with Crippen LogP contribution in [0.15, 0.2) is 24.3 Å². The van der Waals surface area contributed by atoms with Crippen molar-refractivity contribution in [3.63, 3.8) is 0 Å². The second-order valence-corrected chi connectivity index (χ2v) is 6.31. The minimum absolute atomic E-state index is 0.00217. The minimum atomic E-state index is -0.707. The van der Waals surface area contributed by atoms with Crippen LogP contribution in [0.3, 0.4) is 0 Å². The monoisotopic (exact) mass is 322 g/mol. The molecule has 3 nitrogen and oxygen atoms in total. The molecule has 0 radical (unpaired) electrons. The van der Waals surface area contributed by atoms with Crippen molar-refractivity contribution in [2.75, 3.05) is 6.61 Å². The highest BCUT2D eigenvalue weighted by molar-refractivity contribution is 6.30. The second-order valence-electron chi connectivity index (χ2n) is 5.88. The molecule has 0 N–H and O–H groups in total. The van der Waals surface area contributed by atoms with Gasteiger partial charge in [-0.15, -0.1) is 0 Å². The molecule has 22 heavy (non-hydrogen) atoms. The lowest BCUT2D eigenvalue weighted by Crippen LogP contribution is -2.34. The average Bonchev–Trinajstić information content (AvgIpc) is 2.53. The van der Waals surface area contributed by atoms with Crippen LogP contribution in [-0.2, 0) is 20.7 Å². The molecule has 1 fully saturated rings. The zero-order valence-corrected chi connectivity index (χ0v) is 13.8. The molecule has 1 saturated carbocycles. The third-order valence-electron chi connectivity index (χ3n) is 4.25. The molecule has 0 heterocycles. The zero-order chi connectivity index (χ0) is 15.9. The molecular formula is C18H23ClO3. The molecule has 120 valence electrons. The molecule has 1 aromatic rings. The lowest BCUT2D eigenvalue weighted by molar-refractivity contribution is -0.152. The normalized spacial score (nSPS) is 17.0. The van der Waals surface area contributed by atoms with E-state index in [-0.39, 0.29) is 11.7 Å². The van der Waals surface area contributed by atoms with E-state index in [4.69, 9.17) is 16.3 Å². The highest BCUT2D eigenvalue weighted by Crippen LogP contribution is 2.28. The fourth-order valence-electron chi connectivity index (χ4n) is 3.11. The van der Waals surface area contributed by atoms with Gasteiger partial charge in [-0.25, -0.2) is 0 Å². The molecule has 1 aromatic carbocycles. The lowest BCUT2D eigenvalue weighted by atomic mass is 9.80. The van der Waals surface area contributed by atoms with Crippen molar-refractivity contribution in [3.05, 3.63) is 34.9 Å². The molecular weight excluding hydrogens is 300 g/mol. The Morgan fingerprint density at radius 3 is 2.64 bits per heavy atom. The van der Waals surface area contributed by atoms with E-state index in [0.717, 1.165) is 31.2 Å². The number of ketones is 1. The first kappa shape index (κ1) is 17.0. The Bertz CT molecular complexity index is 521. The zero-order valence-electron chi connectivity index (χ0n) is 13.0. The molecule has 0 aromatic heterocycles. The van der Waals surface area contributed by atoms with Crippen LogP contribution < -0.4 is 0 Å². The van der Waals surface area contributed by atoms with Crippen LogP contribution >= 0.6 is 11.6 Å². The Hall–Kier alpha value is -1.35. The van der Waals surface area contributed by atoms with Gasteiger partial charge in [-0.3, -0.25) is 9.59 Å². The van der Waals surface area contributed by atoms with Gasteiger partial charge in [-0.05, 0) is 43.9 Å². The summed E-state index contributed by atoms with van der Waals surface area (Å²) in [5.41, 5.74) is 0.898. The Kier molecular flexibility index (Phi) is 6.44. The van der Waals surface area contributed by atoms with Gasteiger partial charge in [0.25, 0.3) is 0 Å². The first-order chi connectivity index (χ1) is 10.6. The van der Waals surface area contributed by atoms with Crippen molar-refractivity contribution < 1.29 is 14.3 Å². The van der Waals surface area contributed by atoms with Crippen LogP contribution in [0, 0.1) is 11.8 Å². The van der Waals surface area contributed by atoms with Gasteiger partial charge in [0.15, 0.2) is 5.78 Å². The van der Waals surface area contributed by atoms with Crippen LogP contribution in [-0.4, -0.2) is 18.4 Å². The van der Waals surface area contributed by atoms with Gasteiger partial charge in [-0.1, -0.05) is 43.0 Å². The fraction of sp³-hybridized carbons (Fsp3) is 0.556. The van der Waals surface area contributed by atoms with Crippen LogP contribution in [0.25, 0.3) is 0 Å². The molecule has 4 heteroatoms. The molecule has 0 spiro atoms. The van der Waals surface area contributed by atoms with Crippen LogP contribution in [0.1, 0.15) is 44.6 Å². The van der Waals surface area contributed by atoms with E-state index >= 15 is 0 Å². The van der Waals surface area contributed by atoms with E-state index in [9.17, 15) is 9.59 Å². The third-order valence-corrected chi connectivity index (χ3v) is 4.49. The van der Waals surface area contributed by atoms with Gasteiger partial charge in [0.1, 0.15) is 5.92 Å². The number of halogens is 1. The standard InChI is InChI=1S/C18H23ClO3/c1-2-22-18(21)16(12-13-7-6-10-15(19)11-13)17(20)14-8-4-3-5-9-14/h6-7,10-11,14,16H,2-5,8-9,12H2,1H3. The Balaban J connectivity index is 2.14. The summed E-state index contributed by atoms with van der Waals surface area (Å²) in [4.78, 5) is 25.0. The summed E-state index contributed by atoms with van der Waals surface area (Å²) in [5.74, 6) is -1.07. The van der Waals surface area contributed by atoms with Crippen molar-refractivity contribution >= 4 is 23.4 Å². The van der Waals surface area contributed by atoms with E-state index in [1.165, 1.54) is 6.42 Å². The topological polar surface area (TPSA) is 43.4 Å². The molecule has 1 atom stereocenters. The van der Waals surface area contributed by atoms with Gasteiger partial charge in [0.2, 0.25) is 0 Å². The first-order valence-electron chi connectivity index (χ1n) is 8.06. The van der Waals surface area contributed by atoms with E-state index in [1.54, 1.807) is 13.0 Å². The molecule has 0 bridgehead atoms. The van der Waals surface area contributed by atoms with Crippen LogP contribution in [0.5, 0.6) is 0 Å². The van der Waals surface area contributed by atoms with Crippen molar-refractivity contribution in [1.29, 1.82) is 0 Å². The maximum Gasteiger partial charge on any atom is 0.316 e. The molecule has 0 aliphatic heterocycles. The summed E-state index contributed by atoms with van der Waals surface area (Å²) in [6, 6.07) is 7.33. The predicted octanol–water partition coefficient (Wildman–Crippen LogP) is 4.21. The number of ether oxygens (including phenoxy) is 1. The number of esters is 1. The van der Waals surface area contributed by atoms with Gasteiger partial charge in [-0.2, -0.15) is 0 Å². The van der Waals surface area contributed by atoms with Gasteiger partial charge in [0.05, 0.1) is 6.61 Å². The summed E-state index contributed by atoms with van der Waals surface area (Å²) in [5, 5.41) is 0.616.